The molecular formula is C13H22F3NO4Si. The summed E-state index contributed by atoms with van der Waals surface area (Å²) in [5.74, 6) is -0.842. The molecule has 1 N–H and O–H groups in total. The second-order valence-corrected chi connectivity index (χ2v) is 12.3. The first kappa shape index (κ1) is 18.8. The van der Waals surface area contributed by atoms with E-state index in [4.69, 9.17) is 4.74 Å². The molecule has 1 amide bonds. The zero-order valence-electron chi connectivity index (χ0n) is 13.1. The van der Waals surface area contributed by atoms with Crippen LogP contribution in [0.1, 0.15) is 19.8 Å². The van der Waals surface area contributed by atoms with Crippen LogP contribution >= 0.6 is 0 Å². The summed E-state index contributed by atoms with van der Waals surface area (Å²) in [6.07, 6.45) is -7.45. The summed E-state index contributed by atoms with van der Waals surface area (Å²) < 4.78 is 48.8. The molecule has 0 aliphatic carbocycles. The van der Waals surface area contributed by atoms with Gasteiger partial charge in [-0.15, -0.1) is 0 Å². The van der Waals surface area contributed by atoms with Gasteiger partial charge in [0.2, 0.25) is 5.91 Å². The third-order valence-corrected chi connectivity index (χ3v) is 5.16. The zero-order valence-corrected chi connectivity index (χ0v) is 14.1. The number of alkyl halides is 3. The first-order chi connectivity index (χ1) is 9.90. The standard InChI is InChI=1S/C13H22F3NO4Si/c1-8(18)17-11(13(14,15)16)10-9(20-12(19)21-10)6-5-7-22(2,3)4/h9-11H,5-7H2,1-4H3,(H,17,18)/t9?,10-,11?/m1/s1. The minimum absolute atomic E-state index is 0.285. The molecule has 0 spiro atoms. The van der Waals surface area contributed by atoms with Gasteiger partial charge in [0.1, 0.15) is 6.10 Å². The molecule has 0 radical (unpaired) electrons. The monoisotopic (exact) mass is 341 g/mol. The van der Waals surface area contributed by atoms with Crippen LogP contribution in [0.15, 0.2) is 0 Å². The number of halogens is 3. The van der Waals surface area contributed by atoms with E-state index in [-0.39, 0.29) is 6.42 Å². The lowest BCUT2D eigenvalue weighted by Crippen LogP contribution is -2.55. The van der Waals surface area contributed by atoms with Gasteiger partial charge in [-0.25, -0.2) is 4.79 Å². The van der Waals surface area contributed by atoms with Crippen molar-refractivity contribution in [1.82, 2.24) is 5.32 Å². The molecule has 0 bridgehead atoms. The molecule has 0 aromatic carbocycles. The maximum Gasteiger partial charge on any atom is 0.509 e. The number of hydrogen-bond acceptors (Lipinski definition) is 4. The molecule has 0 aromatic rings. The number of cyclic esters (lactones) is 2. The van der Waals surface area contributed by atoms with Crippen LogP contribution in [-0.4, -0.2) is 44.6 Å². The summed E-state index contributed by atoms with van der Waals surface area (Å²) in [5.41, 5.74) is 0. The first-order valence-corrected chi connectivity index (χ1v) is 10.8. The van der Waals surface area contributed by atoms with Gasteiger partial charge in [0.05, 0.1) is 0 Å². The van der Waals surface area contributed by atoms with Crippen LogP contribution in [0.2, 0.25) is 25.7 Å². The predicted molar refractivity (Wildman–Crippen MR) is 76.2 cm³/mol. The molecule has 0 aromatic heterocycles. The van der Waals surface area contributed by atoms with Crippen molar-refractivity contribution in [3.8, 4) is 0 Å². The Hall–Kier alpha value is -1.25. The highest BCUT2D eigenvalue weighted by Gasteiger charge is 2.53. The van der Waals surface area contributed by atoms with Crippen molar-refractivity contribution in [3.05, 3.63) is 0 Å². The van der Waals surface area contributed by atoms with Gasteiger partial charge in [-0.05, 0) is 6.42 Å². The molecule has 5 nitrogen and oxygen atoms in total. The van der Waals surface area contributed by atoms with Crippen LogP contribution in [0.4, 0.5) is 18.0 Å². The summed E-state index contributed by atoms with van der Waals surface area (Å²) in [4.78, 5) is 22.2. The Balaban J connectivity index is 2.78. The predicted octanol–water partition coefficient (Wildman–Crippen LogP) is 3.08. The molecule has 1 saturated heterocycles. The Morgan fingerprint density at radius 1 is 1.32 bits per heavy atom. The molecule has 0 saturated carbocycles. The summed E-state index contributed by atoms with van der Waals surface area (Å²) in [7, 11) is -1.33. The Morgan fingerprint density at radius 2 is 1.91 bits per heavy atom. The molecule has 1 fully saturated rings. The zero-order chi connectivity index (χ0) is 17.1. The molecular weight excluding hydrogens is 319 g/mol. The molecule has 1 aliphatic rings. The third kappa shape index (κ3) is 5.86. The van der Waals surface area contributed by atoms with Gasteiger partial charge < -0.3 is 14.8 Å². The molecule has 9 heteroatoms. The number of hydrogen-bond donors (Lipinski definition) is 1. The van der Waals surface area contributed by atoms with Crippen LogP contribution in [0.5, 0.6) is 0 Å². The average Bonchev–Trinajstić information content (AvgIpc) is 2.63. The quantitative estimate of drug-likeness (QED) is 0.596. The van der Waals surface area contributed by atoms with E-state index in [0.29, 0.717) is 6.42 Å². The number of nitrogens with one attached hydrogen (secondary N) is 1. The number of carbonyl (C=O) groups is 2. The summed E-state index contributed by atoms with van der Waals surface area (Å²) in [6.45, 7) is 7.43. The molecule has 3 atom stereocenters. The maximum atomic E-state index is 13.1. The van der Waals surface area contributed by atoms with Gasteiger partial charge in [0.25, 0.3) is 0 Å². The van der Waals surface area contributed by atoms with Crippen molar-refractivity contribution in [3.63, 3.8) is 0 Å². The van der Waals surface area contributed by atoms with Crippen LogP contribution in [0.3, 0.4) is 0 Å². The van der Waals surface area contributed by atoms with E-state index in [1.54, 1.807) is 5.32 Å². The van der Waals surface area contributed by atoms with Crippen LogP contribution in [-0.2, 0) is 14.3 Å². The van der Waals surface area contributed by atoms with Gasteiger partial charge in [0, 0.05) is 15.0 Å². The first-order valence-electron chi connectivity index (χ1n) is 7.11. The summed E-state index contributed by atoms with van der Waals surface area (Å²) in [6, 6.07) is -1.35. The van der Waals surface area contributed by atoms with Crippen LogP contribution in [0.25, 0.3) is 0 Å². The van der Waals surface area contributed by atoms with Crippen molar-refractivity contribution in [1.29, 1.82) is 0 Å². The number of carbonyl (C=O) groups excluding carboxylic acids is 2. The second-order valence-electron chi connectivity index (χ2n) is 6.66. The Kier molecular flexibility index (Phi) is 5.88. The Labute approximate surface area is 128 Å². The van der Waals surface area contributed by atoms with E-state index in [2.05, 4.69) is 24.4 Å². The van der Waals surface area contributed by atoms with Gasteiger partial charge >= 0.3 is 12.3 Å². The van der Waals surface area contributed by atoms with E-state index in [0.717, 1.165) is 13.0 Å². The smallest absolute Gasteiger partial charge is 0.427 e. The second kappa shape index (κ2) is 6.89. The van der Waals surface area contributed by atoms with Crippen molar-refractivity contribution in [2.75, 3.05) is 0 Å². The van der Waals surface area contributed by atoms with Gasteiger partial charge in [-0.3, -0.25) is 4.79 Å². The van der Waals surface area contributed by atoms with Crippen LogP contribution in [0, 0.1) is 0 Å². The van der Waals surface area contributed by atoms with Crippen molar-refractivity contribution >= 4 is 20.1 Å². The maximum absolute atomic E-state index is 13.1. The van der Waals surface area contributed by atoms with Crippen molar-refractivity contribution in [2.45, 2.75) is 69.9 Å². The van der Waals surface area contributed by atoms with E-state index < -0.39 is 44.6 Å². The van der Waals surface area contributed by atoms with Crippen molar-refractivity contribution in [2.24, 2.45) is 0 Å². The van der Waals surface area contributed by atoms with E-state index >= 15 is 0 Å². The minimum Gasteiger partial charge on any atom is -0.427 e. The summed E-state index contributed by atoms with van der Waals surface area (Å²) in [5, 5.41) is 1.81. The number of amides is 1. The molecule has 1 aliphatic heterocycles. The molecule has 1 heterocycles. The number of rotatable bonds is 6. The highest BCUT2D eigenvalue weighted by atomic mass is 28.3. The largest absolute Gasteiger partial charge is 0.509 e. The SMILES string of the molecule is CC(=O)NC([C@@H]1OC(=O)OC1CCC[Si](C)(C)C)C(F)(F)F. The van der Waals surface area contributed by atoms with Gasteiger partial charge in [0.15, 0.2) is 12.1 Å². The van der Waals surface area contributed by atoms with Gasteiger partial charge in [-0.1, -0.05) is 32.1 Å². The highest BCUT2D eigenvalue weighted by molar-refractivity contribution is 6.76. The lowest BCUT2D eigenvalue weighted by atomic mass is 10.0. The third-order valence-electron chi connectivity index (χ3n) is 3.30. The lowest BCUT2D eigenvalue weighted by Gasteiger charge is -2.27. The highest BCUT2D eigenvalue weighted by Crippen LogP contribution is 2.32. The topological polar surface area (TPSA) is 64.6 Å². The average molecular weight is 341 g/mol. The molecule has 2 unspecified atom stereocenters. The fourth-order valence-corrected chi connectivity index (χ4v) is 3.58. The number of ether oxygens (including phenoxy) is 2. The minimum atomic E-state index is -4.72. The fraction of sp³-hybridized carbons (Fsp3) is 0.846. The summed E-state index contributed by atoms with van der Waals surface area (Å²) >= 11 is 0. The van der Waals surface area contributed by atoms with Crippen molar-refractivity contribution < 1.29 is 32.2 Å². The molecule has 128 valence electrons. The van der Waals surface area contributed by atoms with E-state index in [9.17, 15) is 22.8 Å². The van der Waals surface area contributed by atoms with Crippen LogP contribution < -0.4 is 5.32 Å². The lowest BCUT2D eigenvalue weighted by molar-refractivity contribution is -0.181. The van der Waals surface area contributed by atoms with Gasteiger partial charge in [-0.2, -0.15) is 13.2 Å². The Morgan fingerprint density at radius 3 is 2.36 bits per heavy atom. The fourth-order valence-electron chi connectivity index (χ4n) is 2.31. The van der Waals surface area contributed by atoms with E-state index in [1.165, 1.54) is 0 Å². The molecule has 1 rings (SSSR count). The molecule has 22 heavy (non-hydrogen) atoms. The normalized spacial score (nSPS) is 23.7. The Bertz CT molecular complexity index is 422. The van der Waals surface area contributed by atoms with E-state index in [1.807, 2.05) is 0 Å².